The molecule has 1 saturated heterocycles. The highest BCUT2D eigenvalue weighted by molar-refractivity contribution is 5.72. The van der Waals surface area contributed by atoms with Gasteiger partial charge in [-0.1, -0.05) is 13.8 Å². The molecule has 134 valence electrons. The van der Waals surface area contributed by atoms with Crippen molar-refractivity contribution in [2.45, 2.75) is 45.6 Å². The topological polar surface area (TPSA) is 102 Å². The molecule has 8 heteroatoms. The van der Waals surface area contributed by atoms with Gasteiger partial charge < -0.3 is 14.8 Å². The highest BCUT2D eigenvalue weighted by Gasteiger charge is 2.45. The number of aromatic nitrogens is 2. The summed E-state index contributed by atoms with van der Waals surface area (Å²) < 4.78 is 13.0. The van der Waals surface area contributed by atoms with E-state index in [-0.39, 0.29) is 30.0 Å². The molecular weight excluding hydrogens is 314 g/mol. The van der Waals surface area contributed by atoms with Gasteiger partial charge in [0.25, 0.3) is 5.56 Å². The number of H-pyrrole nitrogens is 1. The van der Waals surface area contributed by atoms with Gasteiger partial charge in [-0.15, -0.1) is 0 Å². The molecular formula is C16H25N3O5. The summed E-state index contributed by atoms with van der Waals surface area (Å²) in [4.78, 5) is 36.5. The average Bonchev–Trinajstić information content (AvgIpc) is 2.83. The molecule has 24 heavy (non-hydrogen) atoms. The maximum atomic E-state index is 12.0. The fourth-order valence-electron chi connectivity index (χ4n) is 3.28. The Kier molecular flexibility index (Phi) is 5.95. The number of nitrogens with one attached hydrogen (secondary N) is 2. The Morgan fingerprint density at radius 1 is 1.50 bits per heavy atom. The average molecular weight is 339 g/mol. The van der Waals surface area contributed by atoms with E-state index in [1.807, 2.05) is 13.8 Å². The second-order valence-electron chi connectivity index (χ2n) is 6.32. The highest BCUT2D eigenvalue weighted by Crippen LogP contribution is 2.38. The number of ether oxygens (including phenoxy) is 2. The van der Waals surface area contributed by atoms with Crippen molar-refractivity contribution in [2.75, 3.05) is 13.7 Å². The molecule has 1 aliphatic heterocycles. The number of hydrogen-bond donors (Lipinski definition) is 2. The van der Waals surface area contributed by atoms with Crippen molar-refractivity contribution < 1.29 is 14.3 Å². The van der Waals surface area contributed by atoms with Gasteiger partial charge in [0.05, 0.1) is 6.10 Å². The minimum absolute atomic E-state index is 0.0602. The molecule has 0 aromatic carbocycles. The van der Waals surface area contributed by atoms with Gasteiger partial charge in [-0.25, -0.2) is 4.79 Å². The molecule has 0 spiro atoms. The number of carbonyl (C=O) groups excluding carboxylic acids is 1. The van der Waals surface area contributed by atoms with E-state index < -0.39 is 17.5 Å². The van der Waals surface area contributed by atoms with E-state index in [1.165, 1.54) is 23.8 Å². The quantitative estimate of drug-likeness (QED) is 0.773. The van der Waals surface area contributed by atoms with E-state index in [0.29, 0.717) is 6.54 Å². The summed E-state index contributed by atoms with van der Waals surface area (Å²) in [6.07, 6.45) is 1.17. The molecule has 1 amide bonds. The molecule has 1 unspecified atom stereocenters. The van der Waals surface area contributed by atoms with Crippen molar-refractivity contribution in [3.63, 3.8) is 0 Å². The van der Waals surface area contributed by atoms with Gasteiger partial charge in [-0.3, -0.25) is 19.1 Å². The van der Waals surface area contributed by atoms with Crippen LogP contribution in [0, 0.1) is 11.8 Å². The van der Waals surface area contributed by atoms with Crippen LogP contribution in [-0.2, 0) is 14.3 Å². The first-order chi connectivity index (χ1) is 11.3. The van der Waals surface area contributed by atoms with Crippen molar-refractivity contribution in [2.24, 2.45) is 11.8 Å². The van der Waals surface area contributed by atoms with Gasteiger partial charge in [0, 0.05) is 38.8 Å². The molecule has 0 aliphatic carbocycles. The zero-order chi connectivity index (χ0) is 17.9. The third-order valence-corrected chi connectivity index (χ3v) is 4.55. The predicted molar refractivity (Wildman–Crippen MR) is 87.7 cm³/mol. The van der Waals surface area contributed by atoms with Gasteiger partial charge in [-0.2, -0.15) is 0 Å². The molecule has 0 saturated carbocycles. The van der Waals surface area contributed by atoms with Crippen LogP contribution in [0.2, 0.25) is 0 Å². The monoisotopic (exact) mass is 339 g/mol. The molecule has 1 aromatic heterocycles. The minimum atomic E-state index is -0.595. The molecule has 8 nitrogen and oxygen atoms in total. The van der Waals surface area contributed by atoms with Crippen molar-refractivity contribution in [3.8, 4) is 0 Å². The SMILES string of the molecule is COC1[C@@H](C)[C@@H]([C@@H](C)CCNC(C)=O)O[C@H]1n1ccc(=O)[nH]c1=O. The summed E-state index contributed by atoms with van der Waals surface area (Å²) in [7, 11) is 1.58. The lowest BCUT2D eigenvalue weighted by atomic mass is 9.89. The van der Waals surface area contributed by atoms with Crippen molar-refractivity contribution in [1.29, 1.82) is 0 Å². The Bertz CT molecular complexity index is 683. The third-order valence-electron chi connectivity index (χ3n) is 4.55. The van der Waals surface area contributed by atoms with Crippen LogP contribution in [0.1, 0.15) is 33.4 Å². The lowest BCUT2D eigenvalue weighted by Crippen LogP contribution is -2.36. The largest absolute Gasteiger partial charge is 0.376 e. The first-order valence-electron chi connectivity index (χ1n) is 8.09. The summed E-state index contributed by atoms with van der Waals surface area (Å²) >= 11 is 0. The van der Waals surface area contributed by atoms with E-state index in [0.717, 1.165) is 6.42 Å². The number of methoxy groups -OCH3 is 1. The van der Waals surface area contributed by atoms with Crippen LogP contribution in [0.4, 0.5) is 0 Å². The Hall–Kier alpha value is -1.93. The summed E-state index contributed by atoms with van der Waals surface area (Å²) in [5.74, 6) is 0.175. The minimum Gasteiger partial charge on any atom is -0.376 e. The van der Waals surface area contributed by atoms with Crippen LogP contribution in [0.15, 0.2) is 21.9 Å². The lowest BCUT2D eigenvalue weighted by molar-refractivity contribution is -0.119. The Morgan fingerprint density at radius 3 is 2.79 bits per heavy atom. The number of nitrogens with zero attached hydrogens (tertiary/aromatic N) is 1. The zero-order valence-corrected chi connectivity index (χ0v) is 14.4. The Labute approximate surface area is 140 Å². The van der Waals surface area contributed by atoms with E-state index in [4.69, 9.17) is 9.47 Å². The molecule has 1 aromatic rings. The second-order valence-corrected chi connectivity index (χ2v) is 6.32. The third kappa shape index (κ3) is 3.93. The molecule has 1 fully saturated rings. The van der Waals surface area contributed by atoms with Gasteiger partial charge in [0.2, 0.25) is 5.91 Å². The van der Waals surface area contributed by atoms with E-state index in [2.05, 4.69) is 10.3 Å². The van der Waals surface area contributed by atoms with Gasteiger partial charge in [-0.05, 0) is 12.3 Å². The smallest absolute Gasteiger partial charge is 0.330 e. The lowest BCUT2D eigenvalue weighted by Gasteiger charge is -2.23. The number of carbonyl (C=O) groups is 1. The number of aromatic amines is 1. The second kappa shape index (κ2) is 7.76. The maximum Gasteiger partial charge on any atom is 0.330 e. The van der Waals surface area contributed by atoms with E-state index >= 15 is 0 Å². The first kappa shape index (κ1) is 18.4. The molecule has 5 atom stereocenters. The standard InChI is InChI=1S/C16H25N3O5/c1-9(5-7-17-11(3)20)13-10(2)14(23-4)15(24-13)19-8-6-12(21)18-16(19)22/h6,8-10,13-15H,5,7H2,1-4H3,(H,17,20)(H,18,21,22)/t9-,10-,13+,14?,15+/m0/s1. The molecule has 0 bridgehead atoms. The molecule has 2 rings (SSSR count). The summed E-state index contributed by atoms with van der Waals surface area (Å²) in [6, 6.07) is 1.29. The number of amides is 1. The van der Waals surface area contributed by atoms with Crippen LogP contribution < -0.4 is 16.6 Å². The normalized spacial score (nSPS) is 27.8. The van der Waals surface area contributed by atoms with Crippen LogP contribution in [0.3, 0.4) is 0 Å². The number of rotatable bonds is 6. The van der Waals surface area contributed by atoms with Crippen molar-refractivity contribution >= 4 is 5.91 Å². The molecule has 2 N–H and O–H groups in total. The van der Waals surface area contributed by atoms with Crippen molar-refractivity contribution in [1.82, 2.24) is 14.9 Å². The highest BCUT2D eigenvalue weighted by atomic mass is 16.6. The fraction of sp³-hybridized carbons (Fsp3) is 0.688. The van der Waals surface area contributed by atoms with Gasteiger partial charge in [0.15, 0.2) is 6.23 Å². The van der Waals surface area contributed by atoms with Crippen LogP contribution >= 0.6 is 0 Å². The summed E-state index contributed by atoms with van der Waals surface area (Å²) in [6.45, 7) is 6.13. The predicted octanol–water partition coefficient (Wildman–Crippen LogP) is 0.247. The number of hydrogen-bond acceptors (Lipinski definition) is 5. The zero-order valence-electron chi connectivity index (χ0n) is 14.4. The van der Waals surface area contributed by atoms with E-state index in [1.54, 1.807) is 7.11 Å². The summed E-state index contributed by atoms with van der Waals surface area (Å²) in [5, 5.41) is 2.78. The van der Waals surface area contributed by atoms with Gasteiger partial charge in [0.1, 0.15) is 6.10 Å². The van der Waals surface area contributed by atoms with Crippen LogP contribution in [-0.4, -0.2) is 41.3 Å². The molecule has 1 aliphatic rings. The van der Waals surface area contributed by atoms with Crippen LogP contribution in [0.5, 0.6) is 0 Å². The maximum absolute atomic E-state index is 12.0. The fourth-order valence-corrected chi connectivity index (χ4v) is 3.28. The first-order valence-corrected chi connectivity index (χ1v) is 8.09. The van der Waals surface area contributed by atoms with Crippen molar-refractivity contribution in [3.05, 3.63) is 33.1 Å². The Morgan fingerprint density at radius 2 is 2.21 bits per heavy atom. The molecule has 0 radical (unpaired) electrons. The van der Waals surface area contributed by atoms with Crippen LogP contribution in [0.25, 0.3) is 0 Å². The molecule has 2 heterocycles. The van der Waals surface area contributed by atoms with E-state index in [9.17, 15) is 14.4 Å². The Balaban J connectivity index is 2.15. The van der Waals surface area contributed by atoms with Gasteiger partial charge >= 0.3 is 5.69 Å². The summed E-state index contributed by atoms with van der Waals surface area (Å²) in [5.41, 5.74) is -0.968.